The maximum absolute atomic E-state index is 6.66. The number of fused-ring (bicyclic) bond motifs is 5. The van der Waals surface area contributed by atoms with E-state index in [1.165, 1.54) is 16.3 Å². The van der Waals surface area contributed by atoms with Crippen LogP contribution in [0.15, 0.2) is 95.9 Å². The molecule has 2 heterocycles. The van der Waals surface area contributed by atoms with E-state index >= 15 is 0 Å². The molecular formula is C25H17Cl2N3S. The molecule has 2 aliphatic heterocycles. The van der Waals surface area contributed by atoms with Crippen LogP contribution >= 0.6 is 35.0 Å². The van der Waals surface area contributed by atoms with Crippen LogP contribution in [0.3, 0.4) is 0 Å². The highest BCUT2D eigenvalue weighted by molar-refractivity contribution is 8.00. The number of hydrogen-bond donors (Lipinski definition) is 1. The van der Waals surface area contributed by atoms with Gasteiger partial charge in [0.25, 0.3) is 0 Å². The number of anilines is 6. The van der Waals surface area contributed by atoms with Crippen LogP contribution in [0.4, 0.5) is 34.1 Å². The lowest BCUT2D eigenvalue weighted by atomic mass is 10.1. The van der Waals surface area contributed by atoms with E-state index in [-0.39, 0.29) is 5.50 Å². The van der Waals surface area contributed by atoms with Crippen LogP contribution in [0.2, 0.25) is 10.0 Å². The van der Waals surface area contributed by atoms with Crippen molar-refractivity contribution in [2.45, 2.75) is 10.4 Å². The highest BCUT2D eigenvalue weighted by Gasteiger charge is 2.38. The molecule has 0 amide bonds. The van der Waals surface area contributed by atoms with Gasteiger partial charge in [-0.1, -0.05) is 71.4 Å². The van der Waals surface area contributed by atoms with Crippen LogP contribution < -0.4 is 15.1 Å². The van der Waals surface area contributed by atoms with Crippen molar-refractivity contribution in [2.75, 3.05) is 15.1 Å². The number of nitrogens with one attached hydrogen (secondary N) is 1. The number of halogens is 2. The minimum Gasteiger partial charge on any atom is -0.354 e. The van der Waals surface area contributed by atoms with Gasteiger partial charge in [-0.2, -0.15) is 0 Å². The summed E-state index contributed by atoms with van der Waals surface area (Å²) in [5, 5.41) is 4.68. The summed E-state index contributed by atoms with van der Waals surface area (Å²) in [7, 11) is 0. The van der Waals surface area contributed by atoms with Gasteiger partial charge in [0.2, 0.25) is 0 Å². The Morgan fingerprint density at radius 2 is 1.58 bits per heavy atom. The minimum absolute atomic E-state index is 0.169. The summed E-state index contributed by atoms with van der Waals surface area (Å²) < 4.78 is 0. The van der Waals surface area contributed by atoms with Gasteiger partial charge in [-0.3, -0.25) is 0 Å². The van der Waals surface area contributed by atoms with Gasteiger partial charge in [0.1, 0.15) is 0 Å². The van der Waals surface area contributed by atoms with E-state index < -0.39 is 0 Å². The van der Waals surface area contributed by atoms with Gasteiger partial charge in [0.15, 0.2) is 5.50 Å². The first-order valence-electron chi connectivity index (χ1n) is 9.95. The maximum Gasteiger partial charge on any atom is 0.157 e. The molecule has 0 bridgehead atoms. The Labute approximate surface area is 195 Å². The molecule has 31 heavy (non-hydrogen) atoms. The lowest BCUT2D eigenvalue weighted by molar-refractivity contribution is 1.04. The van der Waals surface area contributed by atoms with Crippen molar-refractivity contribution in [2.24, 2.45) is 0 Å². The molecule has 0 saturated carbocycles. The van der Waals surface area contributed by atoms with Crippen molar-refractivity contribution in [3.63, 3.8) is 0 Å². The first-order chi connectivity index (χ1) is 15.2. The van der Waals surface area contributed by atoms with E-state index in [9.17, 15) is 0 Å². The summed E-state index contributed by atoms with van der Waals surface area (Å²) in [6.45, 7) is 0. The molecule has 4 aromatic carbocycles. The molecule has 0 aliphatic carbocycles. The van der Waals surface area contributed by atoms with E-state index in [0.29, 0.717) is 10.0 Å². The first kappa shape index (κ1) is 18.9. The summed E-state index contributed by atoms with van der Waals surface area (Å²) in [6, 6.07) is 31.0. The number of benzene rings is 4. The van der Waals surface area contributed by atoms with Crippen LogP contribution in [0.1, 0.15) is 0 Å². The van der Waals surface area contributed by atoms with Gasteiger partial charge in [0.05, 0.1) is 32.8 Å². The van der Waals surface area contributed by atoms with Crippen molar-refractivity contribution >= 4 is 69.1 Å². The van der Waals surface area contributed by atoms with E-state index in [1.807, 2.05) is 48.2 Å². The minimum atomic E-state index is 0.169. The predicted octanol–water partition coefficient (Wildman–Crippen LogP) is 8.42. The first-order valence-corrected chi connectivity index (χ1v) is 11.6. The van der Waals surface area contributed by atoms with Crippen molar-refractivity contribution in [1.82, 2.24) is 0 Å². The third kappa shape index (κ3) is 3.06. The van der Waals surface area contributed by atoms with E-state index in [1.54, 1.807) is 0 Å². The second-order valence-corrected chi connectivity index (χ2v) is 9.30. The third-order valence-electron chi connectivity index (χ3n) is 5.56. The smallest absolute Gasteiger partial charge is 0.157 e. The molecule has 3 nitrogen and oxygen atoms in total. The average molecular weight is 462 g/mol. The highest BCUT2D eigenvalue weighted by Crippen LogP contribution is 2.55. The number of para-hydroxylation sites is 3. The average Bonchev–Trinajstić information content (AvgIpc) is 3.33. The van der Waals surface area contributed by atoms with Crippen LogP contribution in [-0.2, 0) is 0 Å². The predicted molar refractivity (Wildman–Crippen MR) is 133 cm³/mol. The van der Waals surface area contributed by atoms with Gasteiger partial charge >= 0.3 is 0 Å². The standard InChI is InChI=1S/C25H17Cl2N3S/c26-18-9-6-12-21(24(18)27)29(16-7-2-1-3-8-16)17-13-14-23-22(15-17)30-20-11-5-4-10-19(20)28-25(30)31-23/h1-15,25,28H. The Morgan fingerprint density at radius 1 is 0.774 bits per heavy atom. The molecule has 1 N–H and O–H groups in total. The van der Waals surface area contributed by atoms with Gasteiger partial charge in [-0.05, 0) is 54.6 Å². The second kappa shape index (κ2) is 7.41. The van der Waals surface area contributed by atoms with Crippen LogP contribution in [-0.4, -0.2) is 5.50 Å². The quantitative estimate of drug-likeness (QED) is 0.329. The van der Waals surface area contributed by atoms with Crippen molar-refractivity contribution in [1.29, 1.82) is 0 Å². The molecule has 6 rings (SSSR count). The van der Waals surface area contributed by atoms with Crippen LogP contribution in [0.5, 0.6) is 0 Å². The SMILES string of the molecule is Clc1cccc(N(c2ccccc2)c2ccc3c(c2)N2c4ccccc4NC2S3)c1Cl. The fourth-order valence-corrected chi connectivity index (χ4v) is 5.75. The molecule has 4 aromatic rings. The Morgan fingerprint density at radius 3 is 2.45 bits per heavy atom. The Bertz CT molecular complexity index is 1300. The van der Waals surface area contributed by atoms with Crippen molar-refractivity contribution in [3.05, 3.63) is 101 Å². The summed E-state index contributed by atoms with van der Waals surface area (Å²) in [4.78, 5) is 5.77. The molecule has 0 fully saturated rings. The molecular weight excluding hydrogens is 445 g/mol. The van der Waals surface area contributed by atoms with Gasteiger partial charge < -0.3 is 15.1 Å². The molecule has 0 radical (unpaired) electrons. The third-order valence-corrected chi connectivity index (χ3v) is 7.52. The Hall–Kier alpha value is -2.79. The topological polar surface area (TPSA) is 18.5 Å². The summed E-state index contributed by atoms with van der Waals surface area (Å²) >= 11 is 14.9. The summed E-state index contributed by atoms with van der Waals surface area (Å²) in [6.07, 6.45) is 0. The molecule has 0 spiro atoms. The fourth-order valence-electron chi connectivity index (χ4n) is 4.19. The normalized spacial score (nSPS) is 15.8. The van der Waals surface area contributed by atoms with Crippen molar-refractivity contribution in [3.8, 4) is 0 Å². The second-order valence-electron chi connectivity index (χ2n) is 7.40. The number of rotatable bonds is 3. The molecule has 0 saturated heterocycles. The van der Waals surface area contributed by atoms with Crippen LogP contribution in [0.25, 0.3) is 0 Å². The highest BCUT2D eigenvalue weighted by atomic mass is 35.5. The molecule has 1 unspecified atom stereocenters. The zero-order chi connectivity index (χ0) is 20.9. The summed E-state index contributed by atoms with van der Waals surface area (Å²) in [5.41, 5.74) is 6.61. The monoisotopic (exact) mass is 461 g/mol. The zero-order valence-electron chi connectivity index (χ0n) is 16.3. The van der Waals surface area contributed by atoms with Gasteiger partial charge in [0, 0.05) is 16.3 Å². The lowest BCUT2D eigenvalue weighted by Gasteiger charge is -2.28. The van der Waals surface area contributed by atoms with E-state index in [4.69, 9.17) is 23.2 Å². The fraction of sp³-hybridized carbons (Fsp3) is 0.0400. The molecule has 152 valence electrons. The van der Waals surface area contributed by atoms with E-state index in [2.05, 4.69) is 69.7 Å². The number of nitrogens with zero attached hydrogens (tertiary/aromatic N) is 2. The summed E-state index contributed by atoms with van der Waals surface area (Å²) in [5.74, 6) is 0. The maximum atomic E-state index is 6.66. The number of thioether (sulfide) groups is 1. The lowest BCUT2D eigenvalue weighted by Crippen LogP contribution is -2.23. The molecule has 2 aliphatic rings. The number of hydrogen-bond acceptors (Lipinski definition) is 4. The zero-order valence-corrected chi connectivity index (χ0v) is 18.6. The Balaban J connectivity index is 1.52. The molecule has 1 atom stereocenters. The van der Waals surface area contributed by atoms with Gasteiger partial charge in [-0.25, -0.2) is 0 Å². The largest absolute Gasteiger partial charge is 0.354 e. The van der Waals surface area contributed by atoms with Gasteiger partial charge in [-0.15, -0.1) is 0 Å². The molecule has 0 aromatic heterocycles. The molecule has 6 heteroatoms. The van der Waals surface area contributed by atoms with Crippen molar-refractivity contribution < 1.29 is 0 Å². The van der Waals surface area contributed by atoms with Crippen LogP contribution in [0, 0.1) is 0 Å². The Kier molecular flexibility index (Phi) is 4.53. The van der Waals surface area contributed by atoms with E-state index in [0.717, 1.165) is 22.7 Å².